The van der Waals surface area contributed by atoms with E-state index in [0.717, 1.165) is 5.69 Å². The summed E-state index contributed by atoms with van der Waals surface area (Å²) in [5, 5.41) is 5.14. The minimum absolute atomic E-state index is 0.00112. The number of nitrogens with zero attached hydrogens (tertiary/aromatic N) is 1. The standard InChI is InChI=1S/C23H24N2O6S/c1-4-30-19-9-5-17(6-10-19)23(27)31-14-22(26)21-13-15(2)25(16(21)3)18-7-11-20(12-8-18)32(24,28)29/h5-13H,4,14H2,1-3H3,(H2,24,28,29). The molecule has 0 saturated heterocycles. The summed E-state index contributed by atoms with van der Waals surface area (Å²) in [4.78, 5) is 25.0. The number of hydrogen-bond acceptors (Lipinski definition) is 6. The van der Waals surface area contributed by atoms with E-state index in [1.54, 1.807) is 49.4 Å². The zero-order valence-corrected chi connectivity index (χ0v) is 18.8. The number of ether oxygens (including phenoxy) is 2. The number of carbonyl (C=O) groups excluding carboxylic acids is 2. The lowest BCUT2D eigenvalue weighted by Gasteiger charge is -2.11. The highest BCUT2D eigenvalue weighted by atomic mass is 32.2. The van der Waals surface area contributed by atoms with E-state index in [-0.39, 0.29) is 10.7 Å². The van der Waals surface area contributed by atoms with Crippen LogP contribution in [0.4, 0.5) is 0 Å². The monoisotopic (exact) mass is 456 g/mol. The van der Waals surface area contributed by atoms with Crippen molar-refractivity contribution in [1.82, 2.24) is 4.57 Å². The molecule has 2 aromatic carbocycles. The number of sulfonamides is 1. The van der Waals surface area contributed by atoms with Crippen molar-refractivity contribution in [1.29, 1.82) is 0 Å². The largest absolute Gasteiger partial charge is 0.494 e. The Labute approximate surface area is 186 Å². The van der Waals surface area contributed by atoms with Gasteiger partial charge in [-0.15, -0.1) is 0 Å². The van der Waals surface area contributed by atoms with Crippen molar-refractivity contribution in [3.63, 3.8) is 0 Å². The van der Waals surface area contributed by atoms with Gasteiger partial charge in [-0.25, -0.2) is 18.4 Å². The maximum absolute atomic E-state index is 12.7. The van der Waals surface area contributed by atoms with Crippen molar-refractivity contribution in [3.05, 3.63) is 77.1 Å². The highest BCUT2D eigenvalue weighted by Gasteiger charge is 2.19. The smallest absolute Gasteiger partial charge is 0.338 e. The molecule has 8 nitrogen and oxygen atoms in total. The van der Waals surface area contributed by atoms with E-state index in [4.69, 9.17) is 14.6 Å². The third-order valence-corrected chi connectivity index (χ3v) is 5.82. The fourth-order valence-electron chi connectivity index (χ4n) is 3.37. The Balaban J connectivity index is 1.73. The predicted molar refractivity (Wildman–Crippen MR) is 119 cm³/mol. The third kappa shape index (κ3) is 5.06. The molecule has 0 spiro atoms. The van der Waals surface area contributed by atoms with Gasteiger partial charge in [-0.1, -0.05) is 0 Å². The number of hydrogen-bond donors (Lipinski definition) is 1. The van der Waals surface area contributed by atoms with E-state index in [9.17, 15) is 18.0 Å². The molecular weight excluding hydrogens is 432 g/mol. The van der Waals surface area contributed by atoms with E-state index < -0.39 is 22.6 Å². The quantitative estimate of drug-likeness (QED) is 0.411. The van der Waals surface area contributed by atoms with Crippen LogP contribution in [0.5, 0.6) is 5.75 Å². The summed E-state index contributed by atoms with van der Waals surface area (Å²) in [6.45, 7) is 5.57. The van der Waals surface area contributed by atoms with Crippen molar-refractivity contribution in [2.24, 2.45) is 5.14 Å². The molecule has 0 atom stereocenters. The molecule has 9 heteroatoms. The van der Waals surface area contributed by atoms with E-state index in [0.29, 0.717) is 34.9 Å². The highest BCUT2D eigenvalue weighted by Crippen LogP contribution is 2.22. The molecule has 0 fully saturated rings. The number of aromatic nitrogens is 1. The van der Waals surface area contributed by atoms with Crippen LogP contribution in [-0.2, 0) is 14.8 Å². The summed E-state index contributed by atoms with van der Waals surface area (Å²) in [6, 6.07) is 14.2. The van der Waals surface area contributed by atoms with Gasteiger partial charge < -0.3 is 14.0 Å². The second kappa shape index (κ2) is 9.37. The average Bonchev–Trinajstić information content (AvgIpc) is 3.06. The molecule has 3 aromatic rings. The summed E-state index contributed by atoms with van der Waals surface area (Å²) in [5.41, 5.74) is 2.83. The zero-order valence-electron chi connectivity index (χ0n) is 18.0. The molecule has 168 valence electrons. The Kier molecular flexibility index (Phi) is 6.81. The molecule has 2 N–H and O–H groups in total. The van der Waals surface area contributed by atoms with Gasteiger partial charge in [0.1, 0.15) is 5.75 Å². The average molecular weight is 457 g/mol. The van der Waals surface area contributed by atoms with Gasteiger partial charge in [-0.3, -0.25) is 4.79 Å². The first-order chi connectivity index (χ1) is 15.1. The number of rotatable bonds is 8. The van der Waals surface area contributed by atoms with Crippen molar-refractivity contribution >= 4 is 21.8 Å². The SMILES string of the molecule is CCOc1ccc(C(=O)OCC(=O)c2cc(C)n(-c3ccc(S(N)(=O)=O)cc3)c2C)cc1. The molecule has 0 aliphatic carbocycles. The Bertz CT molecular complexity index is 1240. The van der Waals surface area contributed by atoms with Crippen molar-refractivity contribution in [2.75, 3.05) is 13.2 Å². The van der Waals surface area contributed by atoms with E-state index in [1.807, 2.05) is 18.4 Å². The minimum Gasteiger partial charge on any atom is -0.494 e. The number of carbonyl (C=O) groups is 2. The lowest BCUT2D eigenvalue weighted by molar-refractivity contribution is 0.0474. The molecule has 1 heterocycles. The molecule has 3 rings (SSSR count). The molecule has 0 amide bonds. The van der Waals surface area contributed by atoms with Gasteiger partial charge in [-0.05, 0) is 75.4 Å². The molecule has 0 aliphatic rings. The van der Waals surface area contributed by atoms with Crippen molar-refractivity contribution in [2.45, 2.75) is 25.7 Å². The van der Waals surface area contributed by atoms with Crippen LogP contribution in [0.2, 0.25) is 0 Å². The van der Waals surface area contributed by atoms with E-state index in [1.165, 1.54) is 12.1 Å². The summed E-state index contributed by atoms with van der Waals surface area (Å²) >= 11 is 0. The Morgan fingerprint density at radius 1 is 1.00 bits per heavy atom. The first-order valence-corrected chi connectivity index (χ1v) is 11.4. The van der Waals surface area contributed by atoms with Gasteiger partial charge in [0.2, 0.25) is 15.8 Å². The molecule has 1 aromatic heterocycles. The van der Waals surface area contributed by atoms with Crippen LogP contribution in [0, 0.1) is 13.8 Å². The summed E-state index contributed by atoms with van der Waals surface area (Å²) in [7, 11) is -3.79. The number of primary sulfonamides is 1. The minimum atomic E-state index is -3.79. The molecule has 32 heavy (non-hydrogen) atoms. The molecule has 0 saturated carbocycles. The molecule has 0 aliphatic heterocycles. The van der Waals surface area contributed by atoms with Gasteiger partial charge in [-0.2, -0.15) is 0 Å². The van der Waals surface area contributed by atoms with Gasteiger partial charge in [0, 0.05) is 22.6 Å². The molecule has 0 radical (unpaired) electrons. The third-order valence-electron chi connectivity index (χ3n) is 4.89. The van der Waals surface area contributed by atoms with Crippen LogP contribution in [-0.4, -0.2) is 38.0 Å². The fourth-order valence-corrected chi connectivity index (χ4v) is 3.89. The van der Waals surface area contributed by atoms with Crippen molar-refractivity contribution in [3.8, 4) is 11.4 Å². The maximum atomic E-state index is 12.7. The van der Waals surface area contributed by atoms with E-state index in [2.05, 4.69) is 0 Å². The topological polar surface area (TPSA) is 118 Å². The normalized spacial score (nSPS) is 11.2. The lowest BCUT2D eigenvalue weighted by Crippen LogP contribution is -2.15. The predicted octanol–water partition coefficient (Wildman–Crippen LogP) is 3.18. The molecule has 0 unspecified atom stereocenters. The van der Waals surface area contributed by atoms with Crippen molar-refractivity contribution < 1.29 is 27.5 Å². The Morgan fingerprint density at radius 3 is 2.19 bits per heavy atom. The van der Waals surface area contributed by atoms with Gasteiger partial charge in [0.15, 0.2) is 6.61 Å². The van der Waals surface area contributed by atoms with Gasteiger partial charge >= 0.3 is 5.97 Å². The molecular formula is C23H24N2O6S. The van der Waals surface area contributed by atoms with Crippen LogP contribution >= 0.6 is 0 Å². The summed E-state index contributed by atoms with van der Waals surface area (Å²) in [6.07, 6.45) is 0. The first kappa shape index (κ1) is 23.2. The summed E-state index contributed by atoms with van der Waals surface area (Å²) < 4.78 is 35.3. The number of Topliss-reactive ketones (excluding diaryl/α,β-unsaturated/α-hetero) is 1. The first-order valence-electron chi connectivity index (χ1n) is 9.87. The second-order valence-corrected chi connectivity index (χ2v) is 8.68. The zero-order chi connectivity index (χ0) is 23.5. The van der Waals surface area contributed by atoms with Crippen LogP contribution in [0.1, 0.15) is 39.0 Å². The number of nitrogens with two attached hydrogens (primary N) is 1. The Morgan fingerprint density at radius 2 is 1.62 bits per heavy atom. The van der Waals surface area contributed by atoms with Crippen LogP contribution in [0.15, 0.2) is 59.5 Å². The highest BCUT2D eigenvalue weighted by molar-refractivity contribution is 7.89. The van der Waals surface area contributed by atoms with Crippen LogP contribution in [0.25, 0.3) is 5.69 Å². The van der Waals surface area contributed by atoms with Gasteiger partial charge in [0.25, 0.3) is 0 Å². The second-order valence-electron chi connectivity index (χ2n) is 7.12. The maximum Gasteiger partial charge on any atom is 0.338 e. The van der Waals surface area contributed by atoms with E-state index >= 15 is 0 Å². The molecule has 0 bridgehead atoms. The number of ketones is 1. The fraction of sp³-hybridized carbons (Fsp3) is 0.217. The summed E-state index contributed by atoms with van der Waals surface area (Å²) in [5.74, 6) is -0.303. The Hall–Kier alpha value is -3.43. The lowest BCUT2D eigenvalue weighted by atomic mass is 10.1. The van der Waals surface area contributed by atoms with Crippen LogP contribution in [0.3, 0.4) is 0 Å². The number of esters is 1. The van der Waals surface area contributed by atoms with Gasteiger partial charge in [0.05, 0.1) is 17.1 Å². The number of aryl methyl sites for hydroxylation is 1. The number of benzene rings is 2. The van der Waals surface area contributed by atoms with Crippen LogP contribution < -0.4 is 9.88 Å².